The van der Waals surface area contributed by atoms with Crippen LogP contribution in [0.5, 0.6) is 11.5 Å². The van der Waals surface area contributed by atoms with Crippen LogP contribution in [0.15, 0.2) is 65.5 Å². The van der Waals surface area contributed by atoms with Crippen molar-refractivity contribution in [2.75, 3.05) is 19.6 Å². The number of fused-ring (bicyclic) bond motifs is 1. The van der Waals surface area contributed by atoms with E-state index in [0.717, 1.165) is 12.1 Å². The summed E-state index contributed by atoms with van der Waals surface area (Å²) >= 11 is 0. The molecule has 0 unspecified atom stereocenters. The zero-order valence-electron chi connectivity index (χ0n) is 16.9. The largest absolute Gasteiger partial charge is 0.493 e. The second-order valence-electron chi connectivity index (χ2n) is 6.70. The second kappa shape index (κ2) is 8.43. The van der Waals surface area contributed by atoms with Crippen LogP contribution in [0.2, 0.25) is 0 Å². The van der Waals surface area contributed by atoms with Crippen molar-refractivity contribution in [1.29, 1.82) is 0 Å². The molecule has 0 radical (unpaired) electrons. The summed E-state index contributed by atoms with van der Waals surface area (Å²) in [5.74, 6) is -0.179. The molecule has 4 aromatic rings. The molecule has 0 atom stereocenters. The SMILES string of the molecule is COc1ccc(-c2nc3ccccc3c(=O)n2NCc2c(F)cccc2F)cc1OC. The number of halogens is 2. The molecule has 0 fully saturated rings. The lowest BCUT2D eigenvalue weighted by atomic mass is 10.1. The zero-order chi connectivity index (χ0) is 22.0. The van der Waals surface area contributed by atoms with E-state index in [1.54, 1.807) is 42.5 Å². The highest BCUT2D eigenvalue weighted by Gasteiger charge is 2.16. The highest BCUT2D eigenvalue weighted by Crippen LogP contribution is 2.31. The molecule has 0 saturated carbocycles. The lowest BCUT2D eigenvalue weighted by molar-refractivity contribution is 0.355. The molecule has 4 rings (SSSR count). The zero-order valence-corrected chi connectivity index (χ0v) is 16.9. The van der Waals surface area contributed by atoms with Gasteiger partial charge in [-0.1, -0.05) is 18.2 Å². The molecule has 1 aromatic heterocycles. The van der Waals surface area contributed by atoms with Crippen molar-refractivity contribution < 1.29 is 18.3 Å². The van der Waals surface area contributed by atoms with Crippen LogP contribution in [0, 0.1) is 11.6 Å². The molecular formula is C23H19F2N3O3. The molecule has 0 bridgehead atoms. The van der Waals surface area contributed by atoms with Crippen LogP contribution in [0.3, 0.4) is 0 Å². The number of ether oxygens (including phenoxy) is 2. The Morgan fingerprint density at radius 3 is 2.35 bits per heavy atom. The van der Waals surface area contributed by atoms with Gasteiger partial charge in [0, 0.05) is 11.1 Å². The number of methoxy groups -OCH3 is 2. The Morgan fingerprint density at radius 2 is 1.65 bits per heavy atom. The fourth-order valence-corrected chi connectivity index (χ4v) is 3.31. The standard InChI is InChI=1S/C23H19F2N3O3/c1-30-20-11-10-14(12-21(20)31-2)22-27-19-9-4-3-6-15(19)23(29)28(22)26-13-16-17(24)7-5-8-18(16)25/h3-12,26H,13H2,1-2H3. The number of hydrogen-bond donors (Lipinski definition) is 1. The molecule has 0 spiro atoms. The van der Waals surface area contributed by atoms with Crippen LogP contribution >= 0.6 is 0 Å². The van der Waals surface area contributed by atoms with E-state index < -0.39 is 17.2 Å². The normalized spacial score (nSPS) is 10.8. The van der Waals surface area contributed by atoms with Crippen molar-refractivity contribution in [1.82, 2.24) is 9.66 Å². The molecule has 0 aliphatic carbocycles. The van der Waals surface area contributed by atoms with Crippen molar-refractivity contribution in [3.8, 4) is 22.9 Å². The maximum absolute atomic E-state index is 14.1. The fraction of sp³-hybridized carbons (Fsp3) is 0.130. The lowest BCUT2D eigenvalue weighted by Crippen LogP contribution is -2.31. The Hall–Kier alpha value is -3.94. The van der Waals surface area contributed by atoms with Gasteiger partial charge in [-0.05, 0) is 42.5 Å². The van der Waals surface area contributed by atoms with Crippen molar-refractivity contribution in [2.45, 2.75) is 6.54 Å². The summed E-state index contributed by atoms with van der Waals surface area (Å²) in [5.41, 5.74) is 3.30. The summed E-state index contributed by atoms with van der Waals surface area (Å²) in [6, 6.07) is 15.6. The van der Waals surface area contributed by atoms with Gasteiger partial charge in [0.25, 0.3) is 5.56 Å². The highest BCUT2D eigenvalue weighted by molar-refractivity contribution is 5.80. The predicted molar refractivity (Wildman–Crippen MR) is 114 cm³/mol. The minimum absolute atomic E-state index is 0.180. The smallest absolute Gasteiger partial charge is 0.280 e. The van der Waals surface area contributed by atoms with Crippen LogP contribution in [-0.2, 0) is 6.54 Å². The average Bonchev–Trinajstić information content (AvgIpc) is 2.79. The minimum atomic E-state index is -0.707. The van der Waals surface area contributed by atoms with Crippen molar-refractivity contribution in [3.05, 3.63) is 88.2 Å². The van der Waals surface area contributed by atoms with Gasteiger partial charge in [0.05, 0.1) is 31.7 Å². The van der Waals surface area contributed by atoms with Crippen LogP contribution in [-0.4, -0.2) is 23.9 Å². The van der Waals surface area contributed by atoms with Crippen molar-refractivity contribution in [2.24, 2.45) is 0 Å². The number of hydrogen-bond acceptors (Lipinski definition) is 5. The Labute approximate surface area is 176 Å². The number of benzene rings is 3. The third-order valence-electron chi connectivity index (χ3n) is 4.89. The predicted octanol–water partition coefficient (Wildman–Crippen LogP) is 4.10. The van der Waals surface area contributed by atoms with E-state index in [4.69, 9.17) is 9.47 Å². The van der Waals surface area contributed by atoms with Crippen LogP contribution in [0.4, 0.5) is 8.78 Å². The number of aromatic nitrogens is 2. The summed E-state index contributed by atoms with van der Waals surface area (Å²) in [6.45, 7) is -0.251. The first-order chi connectivity index (χ1) is 15.0. The first kappa shape index (κ1) is 20.3. The molecule has 8 heteroatoms. The van der Waals surface area contributed by atoms with E-state index in [9.17, 15) is 13.6 Å². The van der Waals surface area contributed by atoms with Crippen LogP contribution in [0.25, 0.3) is 22.3 Å². The van der Waals surface area contributed by atoms with Gasteiger partial charge in [-0.25, -0.2) is 18.4 Å². The summed E-state index contributed by atoms with van der Waals surface area (Å²) < 4.78 is 40.0. The average molecular weight is 423 g/mol. The van der Waals surface area contributed by atoms with Gasteiger partial charge in [-0.15, -0.1) is 0 Å². The summed E-state index contributed by atoms with van der Waals surface area (Å²) in [5, 5.41) is 0.369. The summed E-state index contributed by atoms with van der Waals surface area (Å²) in [4.78, 5) is 17.8. The van der Waals surface area contributed by atoms with Gasteiger partial charge in [0.2, 0.25) is 0 Å². The maximum Gasteiger partial charge on any atom is 0.280 e. The molecule has 0 aliphatic rings. The number of nitrogens with zero attached hydrogens (tertiary/aromatic N) is 2. The Morgan fingerprint density at radius 1 is 0.935 bits per heavy atom. The quantitative estimate of drug-likeness (QED) is 0.506. The molecular weight excluding hydrogens is 404 g/mol. The molecule has 3 aromatic carbocycles. The Balaban J connectivity index is 1.87. The van der Waals surface area contributed by atoms with Gasteiger partial charge in [-0.2, -0.15) is 0 Å². The minimum Gasteiger partial charge on any atom is -0.493 e. The van der Waals surface area contributed by atoms with E-state index in [0.29, 0.717) is 28.0 Å². The van der Waals surface area contributed by atoms with E-state index in [2.05, 4.69) is 10.4 Å². The van der Waals surface area contributed by atoms with Gasteiger partial charge >= 0.3 is 0 Å². The summed E-state index contributed by atoms with van der Waals surface area (Å²) in [7, 11) is 3.02. The monoisotopic (exact) mass is 423 g/mol. The third kappa shape index (κ3) is 3.79. The van der Waals surface area contributed by atoms with Crippen LogP contribution < -0.4 is 20.5 Å². The highest BCUT2D eigenvalue weighted by atomic mass is 19.1. The lowest BCUT2D eigenvalue weighted by Gasteiger charge is -2.17. The molecule has 1 heterocycles. The van der Waals surface area contributed by atoms with Gasteiger partial charge < -0.3 is 14.9 Å². The maximum atomic E-state index is 14.1. The van der Waals surface area contributed by atoms with E-state index >= 15 is 0 Å². The van der Waals surface area contributed by atoms with Crippen molar-refractivity contribution in [3.63, 3.8) is 0 Å². The number of rotatable bonds is 6. The molecule has 31 heavy (non-hydrogen) atoms. The first-order valence-corrected chi connectivity index (χ1v) is 9.44. The third-order valence-corrected chi connectivity index (χ3v) is 4.89. The van der Waals surface area contributed by atoms with Gasteiger partial charge in [0.1, 0.15) is 11.6 Å². The topological polar surface area (TPSA) is 65.4 Å². The summed E-state index contributed by atoms with van der Waals surface area (Å²) in [6.07, 6.45) is 0. The molecule has 1 N–H and O–H groups in total. The molecule has 0 aliphatic heterocycles. The van der Waals surface area contributed by atoms with Gasteiger partial charge in [0.15, 0.2) is 17.3 Å². The van der Waals surface area contributed by atoms with Gasteiger partial charge in [-0.3, -0.25) is 4.79 Å². The molecule has 0 amide bonds. The van der Waals surface area contributed by atoms with E-state index in [-0.39, 0.29) is 17.9 Å². The van der Waals surface area contributed by atoms with Crippen LogP contribution in [0.1, 0.15) is 5.56 Å². The van der Waals surface area contributed by atoms with Crippen molar-refractivity contribution >= 4 is 10.9 Å². The molecule has 6 nitrogen and oxygen atoms in total. The second-order valence-corrected chi connectivity index (χ2v) is 6.70. The first-order valence-electron chi connectivity index (χ1n) is 9.44. The number of nitrogens with one attached hydrogen (secondary N) is 1. The molecule has 158 valence electrons. The Kier molecular flexibility index (Phi) is 5.53. The number of para-hydroxylation sites is 1. The molecule has 0 saturated heterocycles. The van der Waals surface area contributed by atoms with E-state index in [1.165, 1.54) is 25.0 Å². The van der Waals surface area contributed by atoms with E-state index in [1.807, 2.05) is 0 Å². The fourth-order valence-electron chi connectivity index (χ4n) is 3.31. The Bertz CT molecular complexity index is 1300.